The predicted octanol–water partition coefficient (Wildman–Crippen LogP) is 3.61. The highest BCUT2D eigenvalue weighted by molar-refractivity contribution is 5.59. The second-order valence-electron chi connectivity index (χ2n) is 5.31. The molecule has 0 saturated heterocycles. The molecule has 1 aromatic heterocycles. The maximum Gasteiger partial charge on any atom is 0.136 e. The first-order chi connectivity index (χ1) is 10.1. The van der Waals surface area contributed by atoms with Crippen LogP contribution in [0, 0.1) is 12.8 Å². The number of aromatic nitrogens is 2. The second kappa shape index (κ2) is 6.92. The Hall–Kier alpha value is -2.30. The van der Waals surface area contributed by atoms with E-state index in [1.54, 1.807) is 7.11 Å². The summed E-state index contributed by atoms with van der Waals surface area (Å²) in [5, 5.41) is 6.60. The van der Waals surface area contributed by atoms with Gasteiger partial charge in [-0.3, -0.25) is 0 Å². The smallest absolute Gasteiger partial charge is 0.136 e. The molecule has 0 atom stereocenters. The molecule has 5 heteroatoms. The Balaban J connectivity index is 2.11. The second-order valence-corrected chi connectivity index (χ2v) is 5.31. The van der Waals surface area contributed by atoms with Crippen LogP contribution in [0.5, 0.6) is 5.75 Å². The molecule has 0 aliphatic carbocycles. The normalized spacial score (nSPS) is 10.5. The van der Waals surface area contributed by atoms with Crippen LogP contribution in [0.3, 0.4) is 0 Å². The fourth-order valence-electron chi connectivity index (χ4n) is 1.85. The van der Waals surface area contributed by atoms with Crippen molar-refractivity contribution in [3.05, 3.63) is 36.2 Å². The molecular formula is C16H22N4O. The number of methoxy groups -OCH3 is 1. The summed E-state index contributed by atoms with van der Waals surface area (Å²) >= 11 is 0. The van der Waals surface area contributed by atoms with Gasteiger partial charge in [-0.15, -0.1) is 0 Å². The average molecular weight is 286 g/mol. The van der Waals surface area contributed by atoms with E-state index in [1.165, 1.54) is 0 Å². The highest BCUT2D eigenvalue weighted by atomic mass is 16.5. The molecule has 21 heavy (non-hydrogen) atoms. The number of hydrogen-bond donors (Lipinski definition) is 2. The number of nitrogens with zero attached hydrogens (tertiary/aromatic N) is 2. The predicted molar refractivity (Wildman–Crippen MR) is 86.4 cm³/mol. The lowest BCUT2D eigenvalue weighted by Gasteiger charge is -2.11. The summed E-state index contributed by atoms with van der Waals surface area (Å²) in [7, 11) is 1.66. The van der Waals surface area contributed by atoms with Crippen LogP contribution in [0.15, 0.2) is 30.3 Å². The van der Waals surface area contributed by atoms with Gasteiger partial charge < -0.3 is 15.4 Å². The largest absolute Gasteiger partial charge is 0.497 e. The maximum absolute atomic E-state index is 5.15. The Kier molecular flexibility index (Phi) is 4.98. The highest BCUT2D eigenvalue weighted by Crippen LogP contribution is 2.20. The zero-order valence-electron chi connectivity index (χ0n) is 13.0. The first kappa shape index (κ1) is 15.1. The minimum atomic E-state index is 0.568. The lowest BCUT2D eigenvalue weighted by Crippen LogP contribution is -2.10. The zero-order valence-corrected chi connectivity index (χ0v) is 13.0. The topological polar surface area (TPSA) is 59.1 Å². The minimum absolute atomic E-state index is 0.568. The number of aryl methyl sites for hydroxylation is 1. The molecule has 0 saturated carbocycles. The van der Waals surface area contributed by atoms with E-state index in [9.17, 15) is 0 Å². The number of nitrogens with one attached hydrogen (secondary N) is 2. The molecule has 0 spiro atoms. The fraction of sp³-hybridized carbons (Fsp3) is 0.375. The fourth-order valence-corrected chi connectivity index (χ4v) is 1.85. The van der Waals surface area contributed by atoms with Crippen molar-refractivity contribution >= 4 is 17.3 Å². The molecule has 0 bridgehead atoms. The van der Waals surface area contributed by atoms with Gasteiger partial charge in [-0.25, -0.2) is 9.97 Å². The molecule has 2 aromatic rings. The summed E-state index contributed by atoms with van der Waals surface area (Å²) in [6, 6.07) is 9.65. The molecule has 2 N–H and O–H groups in total. The van der Waals surface area contributed by atoms with Gasteiger partial charge in [0.1, 0.15) is 23.2 Å². The van der Waals surface area contributed by atoms with Gasteiger partial charge in [-0.2, -0.15) is 0 Å². The van der Waals surface area contributed by atoms with Crippen LogP contribution < -0.4 is 15.4 Å². The van der Waals surface area contributed by atoms with Gasteiger partial charge in [0.2, 0.25) is 0 Å². The van der Waals surface area contributed by atoms with E-state index >= 15 is 0 Å². The Bertz CT molecular complexity index is 581. The van der Waals surface area contributed by atoms with Gasteiger partial charge in [0.15, 0.2) is 0 Å². The van der Waals surface area contributed by atoms with Crippen LogP contribution in [-0.4, -0.2) is 23.6 Å². The number of hydrogen-bond acceptors (Lipinski definition) is 5. The van der Waals surface area contributed by atoms with Crippen LogP contribution in [0.1, 0.15) is 19.7 Å². The molecule has 0 aliphatic rings. The quantitative estimate of drug-likeness (QED) is 0.849. The Morgan fingerprint density at radius 2 is 1.76 bits per heavy atom. The maximum atomic E-state index is 5.15. The van der Waals surface area contributed by atoms with Crippen molar-refractivity contribution in [3.8, 4) is 5.75 Å². The SMILES string of the molecule is COc1ccc(Nc2cc(NCC(C)C)nc(C)n2)cc1. The van der Waals surface area contributed by atoms with Gasteiger partial charge in [0, 0.05) is 18.3 Å². The standard InChI is InChI=1S/C16H22N4O/c1-11(2)10-17-15-9-16(19-12(3)18-15)20-13-5-7-14(21-4)8-6-13/h5-9,11H,10H2,1-4H3,(H2,17,18,19,20). The van der Waals surface area contributed by atoms with E-state index in [1.807, 2.05) is 37.3 Å². The van der Waals surface area contributed by atoms with Crippen molar-refractivity contribution in [1.82, 2.24) is 9.97 Å². The summed E-state index contributed by atoms with van der Waals surface area (Å²) in [5.41, 5.74) is 0.962. The van der Waals surface area contributed by atoms with Gasteiger partial charge in [0.25, 0.3) is 0 Å². The molecule has 1 aromatic carbocycles. The summed E-state index contributed by atoms with van der Waals surface area (Å²) in [6.45, 7) is 7.10. The molecule has 0 amide bonds. The van der Waals surface area contributed by atoms with E-state index in [0.29, 0.717) is 5.92 Å². The third-order valence-corrected chi connectivity index (χ3v) is 2.89. The lowest BCUT2D eigenvalue weighted by molar-refractivity contribution is 0.415. The van der Waals surface area contributed by atoms with Crippen molar-refractivity contribution in [2.75, 3.05) is 24.3 Å². The molecule has 112 valence electrons. The Labute approximate surface area is 125 Å². The van der Waals surface area contributed by atoms with E-state index < -0.39 is 0 Å². The van der Waals surface area contributed by atoms with Crippen molar-refractivity contribution < 1.29 is 4.74 Å². The summed E-state index contributed by atoms with van der Waals surface area (Å²) < 4.78 is 5.15. The molecule has 0 unspecified atom stereocenters. The van der Waals surface area contributed by atoms with Crippen molar-refractivity contribution in [1.29, 1.82) is 0 Å². The number of anilines is 3. The third-order valence-electron chi connectivity index (χ3n) is 2.89. The van der Waals surface area contributed by atoms with Gasteiger partial charge >= 0.3 is 0 Å². The molecule has 0 fully saturated rings. The first-order valence-corrected chi connectivity index (χ1v) is 7.07. The van der Waals surface area contributed by atoms with E-state index in [-0.39, 0.29) is 0 Å². The molecular weight excluding hydrogens is 264 g/mol. The summed E-state index contributed by atoms with van der Waals surface area (Å²) in [4.78, 5) is 8.80. The van der Waals surface area contributed by atoms with E-state index in [4.69, 9.17) is 4.74 Å². The van der Waals surface area contributed by atoms with Crippen molar-refractivity contribution in [3.63, 3.8) is 0 Å². The number of ether oxygens (including phenoxy) is 1. The van der Waals surface area contributed by atoms with Crippen molar-refractivity contribution in [2.24, 2.45) is 5.92 Å². The molecule has 0 radical (unpaired) electrons. The first-order valence-electron chi connectivity index (χ1n) is 7.07. The van der Waals surface area contributed by atoms with Gasteiger partial charge in [0.05, 0.1) is 7.11 Å². The van der Waals surface area contributed by atoms with Gasteiger partial charge in [-0.1, -0.05) is 13.8 Å². The Morgan fingerprint density at radius 1 is 1.10 bits per heavy atom. The zero-order chi connectivity index (χ0) is 15.2. The van der Waals surface area contributed by atoms with Crippen LogP contribution in [0.2, 0.25) is 0 Å². The average Bonchev–Trinajstić information content (AvgIpc) is 2.45. The molecule has 1 heterocycles. The molecule has 5 nitrogen and oxygen atoms in total. The van der Waals surface area contributed by atoms with Gasteiger partial charge in [-0.05, 0) is 37.1 Å². The van der Waals surface area contributed by atoms with Crippen LogP contribution in [-0.2, 0) is 0 Å². The number of benzene rings is 1. The molecule has 0 aliphatic heterocycles. The Morgan fingerprint density at radius 3 is 2.38 bits per heavy atom. The van der Waals surface area contributed by atoms with Crippen LogP contribution >= 0.6 is 0 Å². The van der Waals surface area contributed by atoms with Crippen LogP contribution in [0.25, 0.3) is 0 Å². The lowest BCUT2D eigenvalue weighted by atomic mass is 10.2. The van der Waals surface area contributed by atoms with E-state index in [2.05, 4.69) is 34.4 Å². The highest BCUT2D eigenvalue weighted by Gasteiger charge is 2.03. The summed E-state index contributed by atoms with van der Waals surface area (Å²) in [6.07, 6.45) is 0. The monoisotopic (exact) mass is 286 g/mol. The third kappa shape index (κ3) is 4.63. The number of rotatable bonds is 6. The van der Waals surface area contributed by atoms with E-state index in [0.717, 1.165) is 35.4 Å². The van der Waals surface area contributed by atoms with Crippen molar-refractivity contribution in [2.45, 2.75) is 20.8 Å². The molecule has 2 rings (SSSR count). The minimum Gasteiger partial charge on any atom is -0.497 e. The van der Waals surface area contributed by atoms with Crippen LogP contribution in [0.4, 0.5) is 17.3 Å². The summed E-state index contributed by atoms with van der Waals surface area (Å²) in [5.74, 6) is 3.75.